The molecule has 2 rings (SSSR count). The molecule has 19 heavy (non-hydrogen) atoms. The Bertz CT molecular complexity index is 424. The zero-order valence-corrected chi connectivity index (χ0v) is 12.3. The van der Waals surface area contributed by atoms with E-state index in [1.807, 2.05) is 82.3 Å². The minimum Gasteiger partial charge on any atom is -0.251 e. The van der Waals surface area contributed by atoms with Crippen molar-refractivity contribution in [3.8, 4) is 11.1 Å². The highest BCUT2D eigenvalue weighted by Gasteiger charge is 2.03. The Balaban J connectivity index is 0.000000741. The van der Waals surface area contributed by atoms with Crippen LogP contribution in [0, 0.1) is 0 Å². The van der Waals surface area contributed by atoms with Crippen LogP contribution in [-0.4, -0.2) is 5.26 Å². The van der Waals surface area contributed by atoms with Gasteiger partial charge in [0.05, 0.1) is 0 Å². The topological polar surface area (TPSA) is 29.5 Å². The maximum absolute atomic E-state index is 8.49. The molecule has 0 heterocycles. The Labute approximate surface area is 116 Å². The van der Waals surface area contributed by atoms with Crippen molar-refractivity contribution in [2.24, 2.45) is 0 Å². The normalized spacial score (nSPS) is 8.68. The molecule has 2 aromatic carbocycles. The van der Waals surface area contributed by atoms with Crippen molar-refractivity contribution in [3.05, 3.63) is 60.2 Å². The summed E-state index contributed by atoms with van der Waals surface area (Å²) < 4.78 is 0. The van der Waals surface area contributed by atoms with Gasteiger partial charge in [0.2, 0.25) is 0 Å². The van der Waals surface area contributed by atoms with E-state index in [9.17, 15) is 0 Å². The molecule has 0 bridgehead atoms. The van der Waals surface area contributed by atoms with Gasteiger partial charge in [0.15, 0.2) is 0 Å². The standard InChI is InChI=1S/C13H12O2.2C2H6/c14-15-10-12-8-4-5-9-13(12)11-6-2-1-3-7-11;2*1-2/h1-9,14H,10H2;2*1-2H3. The van der Waals surface area contributed by atoms with Crippen LogP contribution in [0.1, 0.15) is 33.3 Å². The highest BCUT2D eigenvalue weighted by molar-refractivity contribution is 5.66. The molecule has 0 radical (unpaired) electrons. The van der Waals surface area contributed by atoms with Crippen molar-refractivity contribution in [2.45, 2.75) is 34.3 Å². The van der Waals surface area contributed by atoms with Crippen LogP contribution in [0.25, 0.3) is 11.1 Å². The van der Waals surface area contributed by atoms with E-state index in [-0.39, 0.29) is 6.61 Å². The summed E-state index contributed by atoms with van der Waals surface area (Å²) in [6, 6.07) is 17.9. The van der Waals surface area contributed by atoms with Gasteiger partial charge in [0, 0.05) is 0 Å². The SMILES string of the molecule is CC.CC.OOCc1ccccc1-c1ccccc1. The molecule has 0 aromatic heterocycles. The first-order valence-electron chi connectivity index (χ1n) is 6.81. The van der Waals surface area contributed by atoms with Crippen LogP contribution in [0.2, 0.25) is 0 Å². The van der Waals surface area contributed by atoms with Gasteiger partial charge in [0.1, 0.15) is 6.61 Å². The summed E-state index contributed by atoms with van der Waals surface area (Å²) in [6.45, 7) is 8.21. The quantitative estimate of drug-likeness (QED) is 0.591. The second-order valence-electron chi connectivity index (χ2n) is 3.30. The third-order valence-electron chi connectivity index (χ3n) is 2.32. The van der Waals surface area contributed by atoms with Crippen molar-refractivity contribution in [2.75, 3.05) is 0 Å². The van der Waals surface area contributed by atoms with Crippen LogP contribution in [0.4, 0.5) is 0 Å². The molecule has 2 nitrogen and oxygen atoms in total. The van der Waals surface area contributed by atoms with Crippen molar-refractivity contribution >= 4 is 0 Å². The molecule has 0 spiro atoms. The summed E-state index contributed by atoms with van der Waals surface area (Å²) in [4.78, 5) is 4.19. The van der Waals surface area contributed by atoms with Gasteiger partial charge in [-0.25, -0.2) is 4.89 Å². The van der Waals surface area contributed by atoms with E-state index in [4.69, 9.17) is 5.26 Å². The molecular weight excluding hydrogens is 236 g/mol. The lowest BCUT2D eigenvalue weighted by Gasteiger charge is -2.07. The lowest BCUT2D eigenvalue weighted by Crippen LogP contribution is -1.91. The summed E-state index contributed by atoms with van der Waals surface area (Å²) in [5.74, 6) is 0. The molecule has 2 aromatic rings. The van der Waals surface area contributed by atoms with Gasteiger partial charge in [0.25, 0.3) is 0 Å². The van der Waals surface area contributed by atoms with Crippen LogP contribution in [0.3, 0.4) is 0 Å². The molecule has 2 heteroatoms. The van der Waals surface area contributed by atoms with Gasteiger partial charge >= 0.3 is 0 Å². The predicted octanol–water partition coefficient (Wildman–Crippen LogP) is 5.40. The Morgan fingerprint density at radius 1 is 0.789 bits per heavy atom. The summed E-state index contributed by atoms with van der Waals surface area (Å²) in [6.07, 6.45) is 0. The summed E-state index contributed by atoms with van der Waals surface area (Å²) in [5.41, 5.74) is 3.20. The lowest BCUT2D eigenvalue weighted by atomic mass is 10.0. The Kier molecular flexibility index (Phi) is 10.5. The van der Waals surface area contributed by atoms with E-state index in [0.29, 0.717) is 0 Å². The van der Waals surface area contributed by atoms with Gasteiger partial charge < -0.3 is 0 Å². The molecule has 0 unspecified atom stereocenters. The van der Waals surface area contributed by atoms with E-state index in [0.717, 1.165) is 16.7 Å². The maximum Gasteiger partial charge on any atom is 0.108 e. The first-order valence-corrected chi connectivity index (χ1v) is 6.81. The Hall–Kier alpha value is -1.64. The van der Waals surface area contributed by atoms with E-state index < -0.39 is 0 Å². The molecule has 0 saturated carbocycles. The number of rotatable bonds is 3. The molecular formula is C17H24O2. The van der Waals surface area contributed by atoms with Gasteiger partial charge in [-0.05, 0) is 16.7 Å². The molecule has 0 atom stereocenters. The second kappa shape index (κ2) is 11.5. The third-order valence-corrected chi connectivity index (χ3v) is 2.32. The maximum atomic E-state index is 8.49. The van der Waals surface area contributed by atoms with Crippen molar-refractivity contribution < 1.29 is 10.1 Å². The molecule has 0 aliphatic heterocycles. The second-order valence-corrected chi connectivity index (χ2v) is 3.30. The number of benzene rings is 2. The predicted molar refractivity (Wildman–Crippen MR) is 82.0 cm³/mol. The van der Waals surface area contributed by atoms with Crippen LogP contribution < -0.4 is 0 Å². The van der Waals surface area contributed by atoms with Gasteiger partial charge in [-0.15, -0.1) is 0 Å². The van der Waals surface area contributed by atoms with E-state index in [1.165, 1.54) is 0 Å². The van der Waals surface area contributed by atoms with Gasteiger partial charge in [-0.2, -0.15) is 0 Å². The van der Waals surface area contributed by atoms with Crippen LogP contribution in [0.5, 0.6) is 0 Å². The molecule has 0 aliphatic rings. The number of hydrogen-bond donors (Lipinski definition) is 1. The van der Waals surface area contributed by atoms with Gasteiger partial charge in [-0.1, -0.05) is 82.3 Å². The monoisotopic (exact) mass is 260 g/mol. The average molecular weight is 260 g/mol. The fourth-order valence-electron chi connectivity index (χ4n) is 1.62. The first-order chi connectivity index (χ1) is 9.42. The van der Waals surface area contributed by atoms with Crippen molar-refractivity contribution in [1.29, 1.82) is 0 Å². The van der Waals surface area contributed by atoms with E-state index in [2.05, 4.69) is 4.89 Å². The van der Waals surface area contributed by atoms with Crippen LogP contribution in [0.15, 0.2) is 54.6 Å². The molecule has 1 N–H and O–H groups in total. The van der Waals surface area contributed by atoms with E-state index in [1.54, 1.807) is 0 Å². The van der Waals surface area contributed by atoms with Crippen LogP contribution in [-0.2, 0) is 11.5 Å². The molecule has 0 aliphatic carbocycles. The Morgan fingerprint density at radius 2 is 1.32 bits per heavy atom. The smallest absolute Gasteiger partial charge is 0.108 e. The fraction of sp³-hybridized carbons (Fsp3) is 0.294. The minimum absolute atomic E-state index is 0.213. The first kappa shape index (κ1) is 17.4. The molecule has 0 saturated heterocycles. The largest absolute Gasteiger partial charge is 0.251 e. The minimum atomic E-state index is 0.213. The third kappa shape index (κ3) is 5.69. The zero-order chi connectivity index (χ0) is 14.5. The van der Waals surface area contributed by atoms with Gasteiger partial charge in [-0.3, -0.25) is 5.26 Å². The summed E-state index contributed by atoms with van der Waals surface area (Å²) in [5, 5.41) is 8.49. The molecule has 104 valence electrons. The lowest BCUT2D eigenvalue weighted by molar-refractivity contribution is -0.252. The van der Waals surface area contributed by atoms with E-state index >= 15 is 0 Å². The Morgan fingerprint density at radius 3 is 1.89 bits per heavy atom. The molecule has 0 amide bonds. The van der Waals surface area contributed by atoms with Crippen molar-refractivity contribution in [1.82, 2.24) is 0 Å². The summed E-state index contributed by atoms with van der Waals surface area (Å²) >= 11 is 0. The highest BCUT2D eigenvalue weighted by Crippen LogP contribution is 2.23. The van der Waals surface area contributed by atoms with Crippen LogP contribution >= 0.6 is 0 Å². The summed E-state index contributed by atoms with van der Waals surface area (Å²) in [7, 11) is 0. The van der Waals surface area contributed by atoms with Crippen molar-refractivity contribution in [3.63, 3.8) is 0 Å². The number of hydrogen-bond acceptors (Lipinski definition) is 2. The molecule has 0 fully saturated rings. The average Bonchev–Trinajstić information content (AvgIpc) is 2.53. The highest BCUT2D eigenvalue weighted by atomic mass is 17.1. The zero-order valence-electron chi connectivity index (χ0n) is 12.3. The fourth-order valence-corrected chi connectivity index (χ4v) is 1.62.